The van der Waals surface area contributed by atoms with Gasteiger partial charge in [-0.2, -0.15) is 15.1 Å². The lowest BCUT2D eigenvalue weighted by atomic mass is 10.0. The van der Waals surface area contributed by atoms with Crippen LogP contribution in [0.15, 0.2) is 61.7 Å². The molecule has 1 amide bonds. The van der Waals surface area contributed by atoms with E-state index in [-0.39, 0.29) is 0 Å². The van der Waals surface area contributed by atoms with Crippen LogP contribution in [0.5, 0.6) is 0 Å². The molecule has 4 N–H and O–H groups in total. The third kappa shape index (κ3) is 7.75. The predicted octanol–water partition coefficient (Wildman–Crippen LogP) is 3.74. The molecule has 1 aromatic carbocycles. The average Bonchev–Trinajstić information content (AvgIpc) is 3.71. The highest BCUT2D eigenvalue weighted by Gasteiger charge is 2.25. The van der Waals surface area contributed by atoms with Gasteiger partial charge in [-0.3, -0.25) is 14.1 Å². The van der Waals surface area contributed by atoms with E-state index in [1.807, 2.05) is 12.4 Å². The van der Waals surface area contributed by atoms with Gasteiger partial charge in [-0.25, -0.2) is 4.98 Å². The number of carbonyl (C=O) groups excluding carboxylic acids is 1. The number of aromatic amines is 1. The minimum absolute atomic E-state index is 0.295. The molecule has 11 nitrogen and oxygen atoms in total. The maximum absolute atomic E-state index is 10.8. The first-order valence-corrected chi connectivity index (χ1v) is 14.9. The van der Waals surface area contributed by atoms with Crippen molar-refractivity contribution in [2.24, 2.45) is 11.7 Å². The summed E-state index contributed by atoms with van der Waals surface area (Å²) >= 11 is 0. The summed E-state index contributed by atoms with van der Waals surface area (Å²) < 4.78 is 12.9. The number of H-pyrrole nitrogens is 1. The Morgan fingerprint density at radius 2 is 1.93 bits per heavy atom. The van der Waals surface area contributed by atoms with E-state index in [9.17, 15) is 9.00 Å². The highest BCUT2D eigenvalue weighted by molar-refractivity contribution is 7.86. The molecule has 12 heteroatoms. The number of nitrogens with zero attached hydrogens (tertiary/aromatic N) is 6. The minimum Gasteiger partial charge on any atom is -0.366 e. The summed E-state index contributed by atoms with van der Waals surface area (Å²) in [5.41, 5.74) is 8.41. The van der Waals surface area contributed by atoms with E-state index in [0.717, 1.165) is 65.7 Å². The number of nitrogens with two attached hydrogens (primary N) is 1. The summed E-state index contributed by atoms with van der Waals surface area (Å²) in [6.07, 6.45) is 9.89. The van der Waals surface area contributed by atoms with Crippen LogP contribution in [0.3, 0.4) is 0 Å². The van der Waals surface area contributed by atoms with E-state index in [0.29, 0.717) is 12.0 Å². The Bertz CT molecular complexity index is 1410. The van der Waals surface area contributed by atoms with Gasteiger partial charge in [0.1, 0.15) is 0 Å². The summed E-state index contributed by atoms with van der Waals surface area (Å²) in [5.74, 6) is 3.50. The Morgan fingerprint density at radius 1 is 1.23 bits per heavy atom. The fourth-order valence-corrected chi connectivity index (χ4v) is 5.62. The molecule has 212 valence electrons. The quantitative estimate of drug-likeness (QED) is 0.288. The average molecular weight is 564 g/mol. The van der Waals surface area contributed by atoms with E-state index in [1.165, 1.54) is 18.4 Å². The molecule has 0 atom stereocenters. The largest absolute Gasteiger partial charge is 0.366 e. The Hall–Kier alpha value is -4.06. The van der Waals surface area contributed by atoms with Crippen molar-refractivity contribution in [2.45, 2.75) is 39.2 Å². The lowest BCUT2D eigenvalue weighted by molar-refractivity contribution is -0.113. The fourth-order valence-electron chi connectivity index (χ4n) is 4.43. The molecule has 2 saturated heterocycles. The Balaban J connectivity index is 0.000000181. The molecule has 0 radical (unpaired) electrons. The minimum atomic E-state index is -0.496. The van der Waals surface area contributed by atoms with Crippen molar-refractivity contribution in [3.05, 3.63) is 67.3 Å². The molecule has 6 rings (SSSR count). The molecular weight excluding hydrogens is 526 g/mol. The highest BCUT2D eigenvalue weighted by Crippen LogP contribution is 2.28. The molecule has 2 fully saturated rings. The first-order valence-electron chi connectivity index (χ1n) is 13.4. The summed E-state index contributed by atoms with van der Waals surface area (Å²) in [6, 6.07) is 10.7. The van der Waals surface area contributed by atoms with Gasteiger partial charge in [0.05, 0.1) is 18.2 Å². The number of aromatic nitrogens is 6. The molecule has 0 bridgehead atoms. The normalized spacial score (nSPS) is 17.8. The molecule has 4 aromatic rings. The molecule has 2 aliphatic rings. The second-order valence-electron chi connectivity index (χ2n) is 10.0. The van der Waals surface area contributed by atoms with Gasteiger partial charge >= 0.3 is 0 Å². The monoisotopic (exact) mass is 563 g/mol. The summed E-state index contributed by atoms with van der Waals surface area (Å²) in [6.45, 7) is 9.35. The van der Waals surface area contributed by atoms with Crippen molar-refractivity contribution in [3.8, 4) is 0 Å². The zero-order chi connectivity index (χ0) is 28.5. The number of hydrogen-bond donors (Lipinski definition) is 3. The number of hydrogen-bond acceptors (Lipinski definition) is 8. The van der Waals surface area contributed by atoms with E-state index >= 15 is 0 Å². The topological polar surface area (TPSA) is 148 Å². The molecule has 2 aliphatic heterocycles. The highest BCUT2D eigenvalue weighted by atomic mass is 32.2. The van der Waals surface area contributed by atoms with Crippen LogP contribution in [-0.4, -0.2) is 64.4 Å². The van der Waals surface area contributed by atoms with Crippen molar-refractivity contribution < 1.29 is 9.00 Å². The SMILES string of the molecule is C=CC(N)=O.CC(C)n1cnc2c(Nc3cn[nH]c3)nc(N3CCCC3)nc21.O=S1CC(Cc2ccccc2)C1. The molecule has 5 heterocycles. The zero-order valence-corrected chi connectivity index (χ0v) is 23.8. The van der Waals surface area contributed by atoms with Crippen molar-refractivity contribution in [1.82, 2.24) is 29.7 Å². The third-order valence-electron chi connectivity index (χ3n) is 6.53. The number of benzene rings is 1. The van der Waals surface area contributed by atoms with E-state index in [1.54, 1.807) is 12.4 Å². The van der Waals surface area contributed by atoms with Crippen LogP contribution in [0.2, 0.25) is 0 Å². The van der Waals surface area contributed by atoms with Crippen LogP contribution in [0.4, 0.5) is 17.5 Å². The van der Waals surface area contributed by atoms with Gasteiger partial charge in [0.15, 0.2) is 17.0 Å². The second-order valence-corrected chi connectivity index (χ2v) is 11.6. The Labute approximate surface area is 236 Å². The second kappa shape index (κ2) is 13.8. The maximum atomic E-state index is 10.8. The number of rotatable bonds is 7. The number of primary amides is 1. The predicted molar refractivity (Wildman–Crippen MR) is 160 cm³/mol. The molecule has 3 aromatic heterocycles. The van der Waals surface area contributed by atoms with Gasteiger partial charge in [0.25, 0.3) is 0 Å². The van der Waals surface area contributed by atoms with Crippen LogP contribution in [0, 0.1) is 5.92 Å². The Morgan fingerprint density at radius 3 is 2.50 bits per heavy atom. The van der Waals surface area contributed by atoms with Crippen LogP contribution < -0.4 is 16.0 Å². The van der Waals surface area contributed by atoms with Crippen molar-refractivity contribution in [1.29, 1.82) is 0 Å². The van der Waals surface area contributed by atoms with Crippen LogP contribution in [-0.2, 0) is 22.0 Å². The van der Waals surface area contributed by atoms with Crippen LogP contribution in [0.25, 0.3) is 11.2 Å². The van der Waals surface area contributed by atoms with Gasteiger partial charge in [0, 0.05) is 47.6 Å². The standard InChI is InChI=1S/C15H20N8.C10H12OS.C3H5NO/c1-10(2)23-9-16-12-13(19-11-7-17-18-8-11)20-15(21-14(12)23)22-5-3-4-6-22;11-12-7-10(8-12)6-9-4-2-1-3-5-9;1-2-3(4)5/h7-10H,3-6H2,1-2H3,(H,17,18)(H,19,20,21);1-5,10H,6-8H2;2H,1H2,(H2,4,5). The van der Waals surface area contributed by atoms with Crippen molar-refractivity contribution in [2.75, 3.05) is 34.8 Å². The molecular formula is C28H37N9O2S. The van der Waals surface area contributed by atoms with Crippen LogP contribution >= 0.6 is 0 Å². The summed E-state index contributed by atoms with van der Waals surface area (Å²) in [7, 11) is -0.496. The number of anilines is 3. The van der Waals surface area contributed by atoms with Gasteiger partial charge in [-0.1, -0.05) is 36.9 Å². The zero-order valence-electron chi connectivity index (χ0n) is 23.0. The third-order valence-corrected chi connectivity index (χ3v) is 8.21. The summed E-state index contributed by atoms with van der Waals surface area (Å²) in [5, 5.41) is 10.1. The van der Waals surface area contributed by atoms with Gasteiger partial charge in [-0.05, 0) is 50.7 Å². The number of imidazole rings is 1. The molecule has 40 heavy (non-hydrogen) atoms. The lowest BCUT2D eigenvalue weighted by Gasteiger charge is -2.24. The van der Waals surface area contributed by atoms with Gasteiger partial charge in [-0.15, -0.1) is 0 Å². The van der Waals surface area contributed by atoms with E-state index < -0.39 is 16.7 Å². The number of amides is 1. The smallest absolute Gasteiger partial charge is 0.240 e. The van der Waals surface area contributed by atoms with Gasteiger partial charge < -0.3 is 20.5 Å². The van der Waals surface area contributed by atoms with E-state index in [2.05, 4.69) is 80.4 Å². The first kappa shape index (κ1) is 28.9. The molecule has 0 aliphatic carbocycles. The first-order chi connectivity index (χ1) is 19.3. The fraction of sp³-hybridized carbons (Fsp3) is 0.393. The maximum Gasteiger partial charge on any atom is 0.240 e. The van der Waals surface area contributed by atoms with Gasteiger partial charge in [0.2, 0.25) is 11.9 Å². The number of carbonyl (C=O) groups is 1. The van der Waals surface area contributed by atoms with Crippen molar-refractivity contribution >= 4 is 45.3 Å². The number of nitrogens with one attached hydrogen (secondary N) is 2. The number of fused-ring (bicyclic) bond motifs is 1. The van der Waals surface area contributed by atoms with Crippen LogP contribution in [0.1, 0.15) is 38.3 Å². The summed E-state index contributed by atoms with van der Waals surface area (Å²) in [4.78, 5) is 25.7. The lowest BCUT2D eigenvalue weighted by Crippen LogP contribution is -2.32. The molecule has 0 unspecified atom stereocenters. The molecule has 0 saturated carbocycles. The van der Waals surface area contributed by atoms with Crippen molar-refractivity contribution in [3.63, 3.8) is 0 Å². The molecule has 0 spiro atoms. The Kier molecular flexibility index (Phi) is 10.0. The van der Waals surface area contributed by atoms with E-state index in [4.69, 9.17) is 9.97 Å².